The molecule has 0 fully saturated rings. The molecule has 7 nitrogen and oxygen atoms in total. The molecule has 0 aliphatic rings. The van der Waals surface area contributed by atoms with Crippen molar-refractivity contribution in [2.24, 2.45) is 0 Å². The molecule has 3 aromatic rings. The number of aromatic nitrogens is 2. The molecule has 0 unspecified atom stereocenters. The Labute approximate surface area is 193 Å². The Hall–Kier alpha value is -3.68. The third-order valence-corrected chi connectivity index (χ3v) is 5.29. The van der Waals surface area contributed by atoms with Gasteiger partial charge >= 0.3 is 6.03 Å². The van der Waals surface area contributed by atoms with Crippen LogP contribution in [0.2, 0.25) is 0 Å². The van der Waals surface area contributed by atoms with Gasteiger partial charge in [-0.2, -0.15) is 5.10 Å². The first-order chi connectivity index (χ1) is 16.0. The van der Waals surface area contributed by atoms with Crippen LogP contribution in [0.15, 0.2) is 60.7 Å². The molecule has 2 aromatic carbocycles. The van der Waals surface area contributed by atoms with Gasteiger partial charge in [0.1, 0.15) is 5.82 Å². The topological polar surface area (TPSA) is 90.1 Å². The van der Waals surface area contributed by atoms with Crippen LogP contribution in [0.25, 0.3) is 11.3 Å². The van der Waals surface area contributed by atoms with Gasteiger partial charge in [0.2, 0.25) is 5.91 Å². The van der Waals surface area contributed by atoms with Gasteiger partial charge in [-0.15, -0.1) is 0 Å². The highest BCUT2D eigenvalue weighted by molar-refractivity contribution is 5.89. The fraction of sp³-hybridized carbons (Fsp3) is 0.320. The molecule has 174 valence electrons. The highest BCUT2D eigenvalue weighted by Gasteiger charge is 2.10. The van der Waals surface area contributed by atoms with Crippen molar-refractivity contribution >= 4 is 17.6 Å². The second-order valence-corrected chi connectivity index (χ2v) is 7.91. The monoisotopic (exact) mass is 451 g/mol. The fourth-order valence-corrected chi connectivity index (χ4v) is 3.39. The number of para-hydroxylation sites is 1. The number of amides is 3. The van der Waals surface area contributed by atoms with Crippen LogP contribution in [0.4, 0.5) is 14.9 Å². The predicted molar refractivity (Wildman–Crippen MR) is 127 cm³/mol. The Morgan fingerprint density at radius 1 is 1.03 bits per heavy atom. The van der Waals surface area contributed by atoms with Crippen molar-refractivity contribution in [3.05, 3.63) is 72.2 Å². The summed E-state index contributed by atoms with van der Waals surface area (Å²) in [6.07, 6.45) is 4.00. The fourth-order valence-electron chi connectivity index (χ4n) is 3.39. The second kappa shape index (κ2) is 12.4. The Morgan fingerprint density at radius 3 is 2.55 bits per heavy atom. The molecular weight excluding hydrogens is 421 g/mol. The van der Waals surface area contributed by atoms with Gasteiger partial charge in [0.15, 0.2) is 0 Å². The third-order valence-electron chi connectivity index (χ3n) is 5.29. The smallest absolute Gasteiger partial charge is 0.319 e. The van der Waals surface area contributed by atoms with E-state index in [4.69, 9.17) is 0 Å². The molecule has 1 heterocycles. The number of anilines is 1. The summed E-state index contributed by atoms with van der Waals surface area (Å²) in [5.74, 6) is -0.254. The van der Waals surface area contributed by atoms with E-state index in [1.54, 1.807) is 36.2 Å². The number of nitrogens with one attached hydrogen (secondary N) is 3. The molecule has 0 radical (unpaired) electrons. The molecular formula is C25H30FN5O2. The number of aromatic amines is 1. The summed E-state index contributed by atoms with van der Waals surface area (Å²) in [4.78, 5) is 25.8. The van der Waals surface area contributed by atoms with Gasteiger partial charge in [0, 0.05) is 43.5 Å². The van der Waals surface area contributed by atoms with Crippen molar-refractivity contribution in [2.75, 3.05) is 25.5 Å². The number of rotatable bonds is 11. The quantitative estimate of drug-likeness (QED) is 0.372. The van der Waals surface area contributed by atoms with E-state index >= 15 is 0 Å². The molecule has 33 heavy (non-hydrogen) atoms. The maximum Gasteiger partial charge on any atom is 0.319 e. The zero-order valence-electron chi connectivity index (χ0n) is 18.8. The van der Waals surface area contributed by atoms with Crippen LogP contribution in [-0.4, -0.2) is 47.2 Å². The first-order valence-corrected chi connectivity index (χ1v) is 11.2. The van der Waals surface area contributed by atoms with E-state index in [-0.39, 0.29) is 30.7 Å². The van der Waals surface area contributed by atoms with Crippen molar-refractivity contribution in [1.29, 1.82) is 0 Å². The Morgan fingerprint density at radius 2 is 1.79 bits per heavy atom. The van der Waals surface area contributed by atoms with Crippen LogP contribution in [0.3, 0.4) is 0 Å². The van der Waals surface area contributed by atoms with Gasteiger partial charge in [-0.3, -0.25) is 9.89 Å². The lowest BCUT2D eigenvalue weighted by Crippen LogP contribution is -2.34. The van der Waals surface area contributed by atoms with Crippen molar-refractivity contribution in [1.82, 2.24) is 20.4 Å². The molecule has 0 spiro atoms. The van der Waals surface area contributed by atoms with Crippen molar-refractivity contribution in [2.45, 2.75) is 32.1 Å². The van der Waals surface area contributed by atoms with Crippen LogP contribution in [-0.2, 0) is 11.2 Å². The molecule has 3 N–H and O–H groups in total. The number of aryl methyl sites for hydroxylation is 1. The first-order valence-electron chi connectivity index (χ1n) is 11.2. The average Bonchev–Trinajstić information content (AvgIpc) is 3.28. The number of hydrogen-bond acceptors (Lipinski definition) is 3. The molecule has 0 saturated carbocycles. The summed E-state index contributed by atoms with van der Waals surface area (Å²) >= 11 is 0. The number of unbranched alkanes of at least 4 members (excludes halogenated alkanes) is 2. The highest BCUT2D eigenvalue weighted by Crippen LogP contribution is 2.19. The summed E-state index contributed by atoms with van der Waals surface area (Å²) in [6, 6.07) is 17.1. The minimum Gasteiger partial charge on any atom is -0.346 e. The lowest BCUT2D eigenvalue weighted by molar-refractivity contribution is -0.129. The van der Waals surface area contributed by atoms with E-state index in [0.717, 1.165) is 42.6 Å². The number of halogens is 1. The summed E-state index contributed by atoms with van der Waals surface area (Å²) in [5.41, 5.74) is 3.44. The molecule has 3 amide bonds. The summed E-state index contributed by atoms with van der Waals surface area (Å²) in [7, 11) is 1.79. The van der Waals surface area contributed by atoms with Crippen LogP contribution in [0.5, 0.6) is 0 Å². The largest absolute Gasteiger partial charge is 0.346 e. The highest BCUT2D eigenvalue weighted by atomic mass is 19.1. The number of hydrogen-bond donors (Lipinski definition) is 3. The number of carbonyl (C=O) groups excluding carboxylic acids is 2. The lowest BCUT2D eigenvalue weighted by atomic mass is 10.1. The second-order valence-electron chi connectivity index (χ2n) is 7.91. The normalized spacial score (nSPS) is 10.6. The van der Waals surface area contributed by atoms with Gasteiger partial charge in [-0.25, -0.2) is 9.18 Å². The lowest BCUT2D eigenvalue weighted by Gasteiger charge is -2.17. The van der Waals surface area contributed by atoms with Crippen LogP contribution >= 0.6 is 0 Å². The molecule has 0 aliphatic carbocycles. The van der Waals surface area contributed by atoms with E-state index in [1.807, 2.05) is 24.3 Å². The first kappa shape index (κ1) is 24.0. The van der Waals surface area contributed by atoms with Gasteiger partial charge in [-0.1, -0.05) is 24.6 Å². The Bertz CT molecular complexity index is 1020. The Kier molecular flexibility index (Phi) is 8.99. The number of benzene rings is 2. The summed E-state index contributed by atoms with van der Waals surface area (Å²) in [5, 5.41) is 12.8. The van der Waals surface area contributed by atoms with Crippen molar-refractivity contribution < 1.29 is 14.0 Å². The minimum absolute atomic E-state index is 0.00696. The van der Waals surface area contributed by atoms with Crippen molar-refractivity contribution in [3.63, 3.8) is 0 Å². The SMILES string of the molecule is CN(CCCCCc1cc(-c2ccc(F)cc2)n[nH]1)C(=O)CCNC(=O)Nc1ccccc1. The van der Waals surface area contributed by atoms with Gasteiger partial charge in [-0.05, 0) is 61.7 Å². The van der Waals surface area contributed by atoms with Crippen LogP contribution in [0.1, 0.15) is 31.4 Å². The molecule has 0 bridgehead atoms. The standard InChI is InChI=1S/C25H30FN5O2/c1-31(24(32)15-16-27-25(33)28-21-8-4-2-5-9-21)17-7-3-6-10-22-18-23(30-29-22)19-11-13-20(26)14-12-19/h2,4-5,8-9,11-14,18H,3,6-7,10,15-17H2,1H3,(H,29,30)(H2,27,28,33). The van der Waals surface area contributed by atoms with E-state index in [0.29, 0.717) is 12.2 Å². The zero-order valence-corrected chi connectivity index (χ0v) is 18.8. The van der Waals surface area contributed by atoms with Gasteiger partial charge < -0.3 is 15.5 Å². The maximum absolute atomic E-state index is 13.0. The van der Waals surface area contributed by atoms with Gasteiger partial charge in [0.05, 0.1) is 5.69 Å². The number of carbonyl (C=O) groups is 2. The van der Waals surface area contributed by atoms with Crippen LogP contribution in [0, 0.1) is 5.82 Å². The van der Waals surface area contributed by atoms with E-state index in [9.17, 15) is 14.0 Å². The number of H-pyrrole nitrogens is 1. The van der Waals surface area contributed by atoms with Crippen LogP contribution < -0.4 is 10.6 Å². The number of nitrogens with zero attached hydrogens (tertiary/aromatic N) is 2. The molecule has 1 aromatic heterocycles. The van der Waals surface area contributed by atoms with Crippen molar-refractivity contribution in [3.8, 4) is 11.3 Å². The van der Waals surface area contributed by atoms with Gasteiger partial charge in [0.25, 0.3) is 0 Å². The summed E-state index contributed by atoms with van der Waals surface area (Å²) < 4.78 is 13.0. The molecule has 3 rings (SSSR count). The summed E-state index contributed by atoms with van der Waals surface area (Å²) in [6.45, 7) is 0.969. The van der Waals surface area contributed by atoms with E-state index < -0.39 is 0 Å². The van der Waals surface area contributed by atoms with E-state index in [2.05, 4.69) is 20.8 Å². The third kappa shape index (κ3) is 8.07. The average molecular weight is 452 g/mol. The Balaban J connectivity index is 1.26. The number of urea groups is 1. The predicted octanol–water partition coefficient (Wildman–Crippen LogP) is 4.60. The zero-order chi connectivity index (χ0) is 23.5. The van der Waals surface area contributed by atoms with E-state index in [1.165, 1.54) is 12.1 Å². The minimum atomic E-state index is -0.321. The molecule has 0 atom stereocenters. The molecule has 0 saturated heterocycles. The molecule has 0 aliphatic heterocycles. The molecule has 8 heteroatoms. The maximum atomic E-state index is 13.0.